The molecule has 0 aliphatic heterocycles. The number of aryl methyl sites for hydroxylation is 3. The minimum absolute atomic E-state index is 0.00528. The third-order valence-corrected chi connectivity index (χ3v) is 19.8. The lowest BCUT2D eigenvalue weighted by Gasteiger charge is -2.20. The normalized spacial score (nSPS) is 11.6. The zero-order valence-corrected chi connectivity index (χ0v) is 72.9. The summed E-state index contributed by atoms with van der Waals surface area (Å²) in [4.78, 5) is 138. The molecule has 0 aliphatic rings. The molecule has 9 rings (SSSR count). The van der Waals surface area contributed by atoms with Gasteiger partial charge in [0, 0.05) is 51.3 Å². The highest BCUT2D eigenvalue weighted by Crippen LogP contribution is 2.30. The molecule has 119 heavy (non-hydrogen) atoms. The Labute approximate surface area is 731 Å². The standard InChI is InChI=1S/C33H35Cl2N3O7.C20H21Cl2NO3.2C18H17Cl2NO3/c1-5-44-33(43)37-27-14-13-23(18-38(4)19-39)15-24(27)29(40)17-22-11-9-21(10-12-22)16-28(32(42)45-20(2)3)36-31(41)30-25(34)7-6-8-26(30)35;1-12(2)26-20(25)17(11-14-9-7-13(3)8-10-14)23-19(24)18-15(21)5-4-6-16(18)22;2*1-11-6-8-12(9-7-11)10-15(18(23)24-2)21-17(22)16-13(19)4-3-5-14(16)20/h6-15,19-20,28H,5,16-18H2,1-4H3,(H,36,41)(H,37,43);4-10,12,17H,11H2,1-3H3,(H,23,24);2*3-9,15H,10H2,1-2H3,(H,21,22)/t28-;17-;2*15-/m0000/s1. The van der Waals surface area contributed by atoms with Crippen molar-refractivity contribution >= 4 is 164 Å². The van der Waals surface area contributed by atoms with Crippen LogP contribution in [0.1, 0.15) is 136 Å². The van der Waals surface area contributed by atoms with E-state index in [1.807, 2.05) is 93.6 Å². The average Bonchev–Trinajstić information content (AvgIpc) is 0.839. The molecule has 6 amide bonds. The Morgan fingerprint density at radius 3 is 0.924 bits per heavy atom. The molecule has 0 unspecified atom stereocenters. The SMILES string of the molecule is CCOC(=O)Nc1ccc(CN(C)C=O)cc1C(=O)Cc1ccc(C[C@H](NC(=O)c2c(Cl)cccc2Cl)C(=O)OC(C)C)cc1.COC(=O)[C@H](Cc1ccc(C)cc1)NC(=O)c1c(Cl)cccc1Cl.COC(=O)[C@H](Cc1ccc(C)cc1)NC(=O)c1c(Cl)cccc1Cl.Cc1ccc(C[C@H](NC(=O)c2c(Cl)cccc2Cl)C(=O)OC(C)C)cc1. The van der Waals surface area contributed by atoms with Gasteiger partial charge >= 0.3 is 30.0 Å². The van der Waals surface area contributed by atoms with Crippen molar-refractivity contribution in [1.29, 1.82) is 0 Å². The smallest absolute Gasteiger partial charge is 0.411 e. The molecule has 4 atom stereocenters. The van der Waals surface area contributed by atoms with Crippen molar-refractivity contribution in [2.45, 2.75) is 130 Å². The van der Waals surface area contributed by atoms with Crippen molar-refractivity contribution in [1.82, 2.24) is 26.2 Å². The van der Waals surface area contributed by atoms with Crippen molar-refractivity contribution in [2.75, 3.05) is 33.2 Å². The van der Waals surface area contributed by atoms with Crippen LogP contribution in [0.25, 0.3) is 0 Å². The molecule has 0 heterocycles. The van der Waals surface area contributed by atoms with Gasteiger partial charge in [0.05, 0.1) is 101 Å². The van der Waals surface area contributed by atoms with Crippen LogP contribution in [0.5, 0.6) is 0 Å². The van der Waals surface area contributed by atoms with Crippen molar-refractivity contribution < 1.29 is 76.4 Å². The maximum atomic E-state index is 13.4. The summed E-state index contributed by atoms with van der Waals surface area (Å²) < 4.78 is 25.2. The molecule has 0 radical (unpaired) electrons. The van der Waals surface area contributed by atoms with Crippen LogP contribution >= 0.6 is 92.8 Å². The van der Waals surface area contributed by atoms with E-state index in [0.29, 0.717) is 42.4 Å². The molecule has 0 aliphatic carbocycles. The van der Waals surface area contributed by atoms with E-state index in [0.717, 1.165) is 33.4 Å². The van der Waals surface area contributed by atoms with Crippen LogP contribution in [0.2, 0.25) is 40.2 Å². The minimum Gasteiger partial charge on any atom is -0.467 e. The van der Waals surface area contributed by atoms with Crippen LogP contribution < -0.4 is 26.6 Å². The number of carbonyl (C=O) groups excluding carboxylic acids is 11. The molecular weight excluding hydrogens is 1690 g/mol. The zero-order chi connectivity index (χ0) is 87.7. The molecule has 628 valence electrons. The molecule has 22 nitrogen and oxygen atoms in total. The third kappa shape index (κ3) is 31.3. The summed E-state index contributed by atoms with van der Waals surface area (Å²) in [5.41, 5.74) is 9.15. The average molecular weight is 1780 g/mol. The third-order valence-electron chi connectivity index (χ3n) is 17.2. The topological polar surface area (TPSA) is 297 Å². The molecule has 0 saturated heterocycles. The monoisotopic (exact) mass is 1780 g/mol. The molecule has 0 fully saturated rings. The van der Waals surface area contributed by atoms with Crippen molar-refractivity contribution in [3.8, 4) is 0 Å². The number of halogens is 8. The number of nitrogens with one attached hydrogen (secondary N) is 5. The minimum atomic E-state index is -1.04. The first-order valence-electron chi connectivity index (χ1n) is 37.1. The maximum Gasteiger partial charge on any atom is 0.411 e. The summed E-state index contributed by atoms with van der Waals surface area (Å²) >= 11 is 48.7. The fourth-order valence-electron chi connectivity index (χ4n) is 11.3. The molecule has 30 heteroatoms. The molecule has 0 bridgehead atoms. The predicted molar refractivity (Wildman–Crippen MR) is 465 cm³/mol. The van der Waals surface area contributed by atoms with Crippen molar-refractivity contribution in [2.24, 2.45) is 0 Å². The lowest BCUT2D eigenvalue weighted by molar-refractivity contribution is -0.150. The Morgan fingerprint density at radius 2 is 0.655 bits per heavy atom. The van der Waals surface area contributed by atoms with E-state index in [4.69, 9.17) is 116 Å². The lowest BCUT2D eigenvalue weighted by atomic mass is 9.97. The second-order valence-corrected chi connectivity index (χ2v) is 30.7. The Bertz CT molecular complexity index is 4830. The van der Waals surface area contributed by atoms with Gasteiger partial charge in [0.1, 0.15) is 24.2 Å². The van der Waals surface area contributed by atoms with Crippen molar-refractivity contribution in [3.05, 3.63) is 306 Å². The number of hydrogen-bond acceptors (Lipinski definition) is 16. The first kappa shape index (κ1) is 97.3. The van der Waals surface area contributed by atoms with Gasteiger partial charge in [0.2, 0.25) is 6.41 Å². The quantitative estimate of drug-likeness (QED) is 0.0121. The summed E-state index contributed by atoms with van der Waals surface area (Å²) in [5.74, 6) is -4.64. The fourth-order valence-corrected chi connectivity index (χ4v) is 13.6. The molecule has 0 saturated carbocycles. The van der Waals surface area contributed by atoms with Crippen LogP contribution in [-0.4, -0.2) is 135 Å². The van der Waals surface area contributed by atoms with Gasteiger partial charge in [0.15, 0.2) is 5.78 Å². The van der Waals surface area contributed by atoms with Gasteiger partial charge in [-0.3, -0.25) is 34.1 Å². The number of Topliss-reactive ketones (excluding diaryl/α,β-unsaturated/α-hetero) is 1. The molecular formula is C89H90Cl8N6O16. The van der Waals surface area contributed by atoms with E-state index >= 15 is 0 Å². The fraction of sp³-hybridized carbons (Fsp3) is 0.270. The lowest BCUT2D eigenvalue weighted by Crippen LogP contribution is -2.44. The largest absolute Gasteiger partial charge is 0.467 e. The second kappa shape index (κ2) is 48.5. The molecule has 0 spiro atoms. The van der Waals surface area contributed by atoms with Gasteiger partial charge in [-0.25, -0.2) is 24.0 Å². The van der Waals surface area contributed by atoms with E-state index in [9.17, 15) is 52.7 Å². The maximum absolute atomic E-state index is 13.4. The van der Waals surface area contributed by atoms with E-state index in [-0.39, 0.29) is 112 Å². The van der Waals surface area contributed by atoms with Crippen molar-refractivity contribution in [3.63, 3.8) is 0 Å². The van der Waals surface area contributed by atoms with Gasteiger partial charge in [-0.15, -0.1) is 0 Å². The number of carbonyl (C=O) groups is 11. The first-order valence-corrected chi connectivity index (χ1v) is 40.1. The number of amides is 6. The van der Waals surface area contributed by atoms with Crippen LogP contribution in [-0.2, 0) is 86.3 Å². The number of ketones is 1. The van der Waals surface area contributed by atoms with Crippen LogP contribution in [0.4, 0.5) is 10.5 Å². The Hall–Kier alpha value is -10.5. The number of hydrogen-bond donors (Lipinski definition) is 5. The number of anilines is 1. The van der Waals surface area contributed by atoms with E-state index < -0.39 is 83.9 Å². The number of methoxy groups -OCH3 is 2. The Kier molecular flexibility index (Phi) is 39.7. The summed E-state index contributed by atoms with van der Waals surface area (Å²) in [5, 5.41) is 14.9. The van der Waals surface area contributed by atoms with Gasteiger partial charge in [-0.05, 0) is 149 Å². The van der Waals surface area contributed by atoms with Gasteiger partial charge in [-0.2, -0.15) is 0 Å². The number of rotatable bonds is 30. The predicted octanol–water partition coefficient (Wildman–Crippen LogP) is 18.1. The van der Waals surface area contributed by atoms with Crippen LogP contribution in [0.3, 0.4) is 0 Å². The highest BCUT2D eigenvalue weighted by molar-refractivity contribution is 6.42. The molecule has 9 aromatic rings. The summed E-state index contributed by atoms with van der Waals surface area (Å²) in [6.07, 6.45) is 0.319. The summed E-state index contributed by atoms with van der Waals surface area (Å²) in [7, 11) is 4.17. The van der Waals surface area contributed by atoms with Crippen LogP contribution in [0, 0.1) is 20.8 Å². The van der Waals surface area contributed by atoms with Gasteiger partial charge in [0.25, 0.3) is 23.6 Å². The van der Waals surface area contributed by atoms with Crippen LogP contribution in [0.15, 0.2) is 188 Å². The highest BCUT2D eigenvalue weighted by Gasteiger charge is 2.31. The van der Waals surface area contributed by atoms with Gasteiger partial charge in [-0.1, -0.05) is 237 Å². The molecule has 5 N–H and O–H groups in total. The number of nitrogens with zero attached hydrogens (tertiary/aromatic N) is 1. The zero-order valence-electron chi connectivity index (χ0n) is 66.9. The van der Waals surface area contributed by atoms with E-state index in [1.165, 1.54) is 31.3 Å². The van der Waals surface area contributed by atoms with E-state index in [1.54, 1.807) is 145 Å². The summed E-state index contributed by atoms with van der Waals surface area (Å²) in [6, 6.07) is 50.5. The Morgan fingerprint density at radius 1 is 0.387 bits per heavy atom. The highest BCUT2D eigenvalue weighted by atomic mass is 35.5. The Balaban J connectivity index is 0.000000257. The molecule has 9 aromatic carbocycles. The second-order valence-electron chi connectivity index (χ2n) is 27.4. The number of ether oxygens (including phenoxy) is 5. The van der Waals surface area contributed by atoms with Gasteiger partial charge < -0.3 is 49.9 Å². The number of esters is 4. The van der Waals surface area contributed by atoms with E-state index in [2.05, 4.69) is 26.6 Å². The summed E-state index contributed by atoms with van der Waals surface area (Å²) in [6.45, 7) is 15.0. The first-order chi connectivity index (χ1) is 56.5. The molecule has 0 aromatic heterocycles. The number of benzene rings is 9.